The Morgan fingerprint density at radius 2 is 2.27 bits per heavy atom. The number of halogens is 1. The van der Waals surface area contributed by atoms with Crippen molar-refractivity contribution in [1.82, 2.24) is 9.97 Å². The number of rotatable bonds is 1. The van der Waals surface area contributed by atoms with Crippen LogP contribution in [0.2, 0.25) is 0 Å². The van der Waals surface area contributed by atoms with Crippen LogP contribution >= 0.6 is 15.9 Å². The summed E-state index contributed by atoms with van der Waals surface area (Å²) in [7, 11) is 0. The van der Waals surface area contributed by atoms with Crippen molar-refractivity contribution in [3.63, 3.8) is 0 Å². The van der Waals surface area contributed by atoms with Crippen LogP contribution < -0.4 is 11.4 Å². The molecule has 0 aliphatic carbocycles. The maximum absolute atomic E-state index is 11.3. The molecule has 5 heteroatoms. The van der Waals surface area contributed by atoms with Crippen molar-refractivity contribution >= 4 is 26.8 Å². The molecule has 4 nitrogen and oxygen atoms in total. The summed E-state index contributed by atoms with van der Waals surface area (Å²) in [6.07, 6.45) is 0. The zero-order valence-corrected chi connectivity index (χ0v) is 9.71. The number of hydrogen-bond donors (Lipinski definition) is 2. The fraction of sp³-hybridized carbons (Fsp3) is 0.200. The molecule has 1 heterocycles. The minimum Gasteiger partial charge on any atom is -0.323 e. The van der Waals surface area contributed by atoms with E-state index in [0.717, 1.165) is 15.6 Å². The molecular weight excluding hydrogens is 258 g/mol. The van der Waals surface area contributed by atoms with E-state index in [-0.39, 0.29) is 11.7 Å². The fourth-order valence-electron chi connectivity index (χ4n) is 1.50. The molecule has 0 bridgehead atoms. The van der Waals surface area contributed by atoms with Crippen LogP contribution in [-0.2, 0) is 0 Å². The zero-order valence-electron chi connectivity index (χ0n) is 8.12. The summed E-state index contributed by atoms with van der Waals surface area (Å²) >= 11 is 3.34. The molecule has 0 spiro atoms. The van der Waals surface area contributed by atoms with E-state index in [0.29, 0.717) is 5.52 Å². The first-order valence-electron chi connectivity index (χ1n) is 4.53. The quantitative estimate of drug-likeness (QED) is 0.826. The lowest BCUT2D eigenvalue weighted by atomic mass is 10.1. The standard InChI is InChI=1S/C10H10BrN3O/c1-5(12)9-7-3-2-6(11)4-8(7)13-10(15)14-9/h2-5H,12H2,1H3,(H,13,14,15). The van der Waals surface area contributed by atoms with Gasteiger partial charge in [-0.25, -0.2) is 4.79 Å². The number of benzene rings is 1. The van der Waals surface area contributed by atoms with E-state index in [1.165, 1.54) is 0 Å². The molecule has 0 saturated carbocycles. The predicted octanol–water partition coefficient (Wildman–Crippen LogP) is 1.71. The molecule has 2 rings (SSSR count). The number of nitrogens with zero attached hydrogens (tertiary/aromatic N) is 1. The van der Waals surface area contributed by atoms with Gasteiger partial charge in [0, 0.05) is 21.6 Å². The number of hydrogen-bond acceptors (Lipinski definition) is 3. The molecule has 2 aromatic rings. The Morgan fingerprint density at radius 1 is 1.53 bits per heavy atom. The van der Waals surface area contributed by atoms with Crippen LogP contribution in [0.15, 0.2) is 27.5 Å². The minimum atomic E-state index is -0.368. The first kappa shape index (κ1) is 10.3. The third-order valence-electron chi connectivity index (χ3n) is 2.17. The molecule has 78 valence electrons. The van der Waals surface area contributed by atoms with Crippen molar-refractivity contribution in [3.05, 3.63) is 38.9 Å². The van der Waals surface area contributed by atoms with Gasteiger partial charge in [-0.2, -0.15) is 4.98 Å². The Morgan fingerprint density at radius 3 is 2.93 bits per heavy atom. The van der Waals surface area contributed by atoms with Gasteiger partial charge < -0.3 is 10.7 Å². The van der Waals surface area contributed by atoms with E-state index < -0.39 is 0 Å². The maximum Gasteiger partial charge on any atom is 0.345 e. The highest BCUT2D eigenvalue weighted by Gasteiger charge is 2.08. The van der Waals surface area contributed by atoms with Gasteiger partial charge >= 0.3 is 5.69 Å². The van der Waals surface area contributed by atoms with E-state index in [9.17, 15) is 4.79 Å². The molecule has 0 aliphatic rings. The predicted molar refractivity (Wildman–Crippen MR) is 62.7 cm³/mol. The van der Waals surface area contributed by atoms with Gasteiger partial charge in [0.1, 0.15) is 0 Å². The van der Waals surface area contributed by atoms with Crippen molar-refractivity contribution in [1.29, 1.82) is 0 Å². The molecule has 0 amide bonds. The van der Waals surface area contributed by atoms with Crippen molar-refractivity contribution in [2.24, 2.45) is 5.73 Å². The third-order valence-corrected chi connectivity index (χ3v) is 2.66. The Labute approximate surface area is 94.7 Å². The van der Waals surface area contributed by atoms with Crippen LogP contribution in [0.5, 0.6) is 0 Å². The van der Waals surface area contributed by atoms with Gasteiger partial charge in [0.15, 0.2) is 0 Å². The fourth-order valence-corrected chi connectivity index (χ4v) is 1.85. The monoisotopic (exact) mass is 267 g/mol. The summed E-state index contributed by atoms with van der Waals surface area (Å²) in [4.78, 5) is 17.8. The van der Waals surface area contributed by atoms with Crippen LogP contribution in [0.1, 0.15) is 18.7 Å². The van der Waals surface area contributed by atoms with Gasteiger partial charge in [-0.15, -0.1) is 0 Å². The molecule has 0 saturated heterocycles. The number of aromatic amines is 1. The van der Waals surface area contributed by atoms with Crippen LogP contribution in [0.4, 0.5) is 0 Å². The molecule has 1 aromatic heterocycles. The molecule has 3 N–H and O–H groups in total. The molecule has 0 aliphatic heterocycles. The normalized spacial score (nSPS) is 13.0. The highest BCUT2D eigenvalue weighted by atomic mass is 79.9. The molecule has 1 atom stereocenters. The van der Waals surface area contributed by atoms with Crippen molar-refractivity contribution in [2.75, 3.05) is 0 Å². The minimum absolute atomic E-state index is 0.218. The number of aromatic nitrogens is 2. The second kappa shape index (κ2) is 3.75. The third kappa shape index (κ3) is 1.93. The second-order valence-electron chi connectivity index (χ2n) is 3.41. The Hall–Kier alpha value is -1.20. The van der Waals surface area contributed by atoms with Crippen LogP contribution in [0, 0.1) is 0 Å². The molecule has 15 heavy (non-hydrogen) atoms. The number of fused-ring (bicyclic) bond motifs is 1. The Balaban J connectivity index is 2.86. The lowest BCUT2D eigenvalue weighted by Gasteiger charge is -2.08. The second-order valence-corrected chi connectivity index (χ2v) is 4.32. The van der Waals surface area contributed by atoms with Gasteiger partial charge in [0.2, 0.25) is 0 Å². The summed E-state index contributed by atoms with van der Waals surface area (Å²) in [5.41, 5.74) is 6.78. The van der Waals surface area contributed by atoms with Gasteiger partial charge in [0.25, 0.3) is 0 Å². The molecule has 1 aromatic carbocycles. The molecule has 0 radical (unpaired) electrons. The van der Waals surface area contributed by atoms with E-state index in [1.54, 1.807) is 6.07 Å². The van der Waals surface area contributed by atoms with E-state index in [1.807, 2.05) is 19.1 Å². The maximum atomic E-state index is 11.3. The summed E-state index contributed by atoms with van der Waals surface area (Å²) in [5.74, 6) is 0. The van der Waals surface area contributed by atoms with Crippen LogP contribution in [0.25, 0.3) is 10.9 Å². The Bertz CT molecular complexity index is 562. The summed E-state index contributed by atoms with van der Waals surface area (Å²) < 4.78 is 0.892. The summed E-state index contributed by atoms with van der Waals surface area (Å²) in [6, 6.07) is 5.37. The average molecular weight is 268 g/mol. The van der Waals surface area contributed by atoms with E-state index >= 15 is 0 Å². The van der Waals surface area contributed by atoms with Gasteiger partial charge in [0.05, 0.1) is 5.52 Å². The van der Waals surface area contributed by atoms with Crippen molar-refractivity contribution < 1.29 is 0 Å². The van der Waals surface area contributed by atoms with Crippen molar-refractivity contribution in [3.8, 4) is 0 Å². The highest BCUT2D eigenvalue weighted by molar-refractivity contribution is 9.10. The summed E-state index contributed by atoms with van der Waals surface area (Å²) in [6.45, 7) is 1.83. The number of H-pyrrole nitrogens is 1. The number of nitrogens with two attached hydrogens (primary N) is 1. The zero-order chi connectivity index (χ0) is 11.0. The number of nitrogens with one attached hydrogen (secondary N) is 1. The smallest absolute Gasteiger partial charge is 0.323 e. The first-order valence-corrected chi connectivity index (χ1v) is 5.32. The SMILES string of the molecule is CC(N)c1[nH]c(=O)nc2cc(Br)ccc12. The van der Waals surface area contributed by atoms with E-state index in [4.69, 9.17) is 5.73 Å². The molecule has 1 unspecified atom stereocenters. The molecular formula is C10H10BrN3O. The lowest BCUT2D eigenvalue weighted by molar-refractivity contribution is 0.779. The topological polar surface area (TPSA) is 71.8 Å². The highest BCUT2D eigenvalue weighted by Crippen LogP contribution is 2.21. The first-order chi connectivity index (χ1) is 7.08. The van der Waals surface area contributed by atoms with Gasteiger partial charge in [-0.1, -0.05) is 15.9 Å². The lowest BCUT2D eigenvalue weighted by Crippen LogP contribution is -2.18. The summed E-state index contributed by atoms with van der Waals surface area (Å²) in [5, 5.41) is 0.882. The molecule has 0 fully saturated rings. The Kier molecular flexibility index (Phi) is 2.58. The van der Waals surface area contributed by atoms with Gasteiger partial charge in [-0.3, -0.25) is 0 Å². The van der Waals surface area contributed by atoms with Crippen LogP contribution in [-0.4, -0.2) is 9.97 Å². The largest absolute Gasteiger partial charge is 0.345 e. The van der Waals surface area contributed by atoms with Crippen LogP contribution in [0.3, 0.4) is 0 Å². The average Bonchev–Trinajstić information content (AvgIpc) is 2.15. The van der Waals surface area contributed by atoms with Gasteiger partial charge in [-0.05, 0) is 25.1 Å². The van der Waals surface area contributed by atoms with E-state index in [2.05, 4.69) is 25.9 Å². The van der Waals surface area contributed by atoms with Crippen molar-refractivity contribution in [2.45, 2.75) is 13.0 Å².